The zero-order valence-electron chi connectivity index (χ0n) is 12.7. The number of rotatable bonds is 5. The van der Waals surface area contributed by atoms with Gasteiger partial charge in [0, 0.05) is 24.0 Å². The maximum atomic E-state index is 12.4. The van der Waals surface area contributed by atoms with Crippen LogP contribution in [0.4, 0.5) is 5.69 Å². The maximum absolute atomic E-state index is 12.4. The molecule has 1 aliphatic rings. The number of benzene rings is 1. The maximum Gasteiger partial charge on any atom is 0.316 e. The van der Waals surface area contributed by atoms with Crippen LogP contribution in [-0.4, -0.2) is 23.8 Å². The van der Waals surface area contributed by atoms with Gasteiger partial charge in [0.05, 0.1) is 12.0 Å². The minimum absolute atomic E-state index is 0.00667. The van der Waals surface area contributed by atoms with Crippen molar-refractivity contribution in [1.82, 2.24) is 0 Å². The molecule has 3 unspecified atom stereocenters. The summed E-state index contributed by atoms with van der Waals surface area (Å²) >= 11 is 0. The van der Waals surface area contributed by atoms with Crippen molar-refractivity contribution in [2.24, 2.45) is 11.8 Å². The van der Waals surface area contributed by atoms with Crippen molar-refractivity contribution in [3.63, 3.8) is 0 Å². The number of ketones is 1. The zero-order chi connectivity index (χ0) is 16.3. The van der Waals surface area contributed by atoms with Crippen LogP contribution in [0.5, 0.6) is 0 Å². The van der Waals surface area contributed by atoms with Gasteiger partial charge in [0.25, 0.3) is 5.69 Å². The molecule has 3 atom stereocenters. The molecule has 0 spiro atoms. The Balaban J connectivity index is 2.31. The molecule has 1 fully saturated rings. The molecule has 0 aliphatic heterocycles. The molecule has 1 aromatic carbocycles. The fourth-order valence-electron chi connectivity index (χ4n) is 3.20. The van der Waals surface area contributed by atoms with Crippen molar-refractivity contribution in [3.05, 3.63) is 39.9 Å². The summed E-state index contributed by atoms with van der Waals surface area (Å²) in [5.41, 5.74) is 0.765. The number of nitro groups is 1. The lowest BCUT2D eigenvalue weighted by Crippen LogP contribution is -2.26. The van der Waals surface area contributed by atoms with Gasteiger partial charge >= 0.3 is 5.97 Å². The van der Waals surface area contributed by atoms with Gasteiger partial charge in [0.1, 0.15) is 5.92 Å². The number of nitro benzene ring substituents is 1. The van der Waals surface area contributed by atoms with Crippen LogP contribution >= 0.6 is 0 Å². The lowest BCUT2D eigenvalue weighted by Gasteiger charge is -2.16. The lowest BCUT2D eigenvalue weighted by molar-refractivity contribution is -0.384. The molecule has 1 aliphatic carbocycles. The summed E-state index contributed by atoms with van der Waals surface area (Å²) in [6.45, 7) is 2.00. The van der Waals surface area contributed by atoms with Crippen LogP contribution in [0.1, 0.15) is 37.7 Å². The largest absolute Gasteiger partial charge is 0.468 e. The van der Waals surface area contributed by atoms with Crippen molar-refractivity contribution >= 4 is 17.4 Å². The van der Waals surface area contributed by atoms with E-state index in [4.69, 9.17) is 4.74 Å². The molecule has 2 rings (SSSR count). The van der Waals surface area contributed by atoms with E-state index in [0.29, 0.717) is 6.42 Å². The SMILES string of the molecule is CCCC1CC(c2ccc([N+](=O)[O-])cc2)C(C(=O)OC)C1=O. The summed E-state index contributed by atoms with van der Waals surface area (Å²) in [4.78, 5) is 34.7. The molecule has 6 heteroatoms. The molecule has 0 aromatic heterocycles. The topological polar surface area (TPSA) is 86.5 Å². The number of methoxy groups -OCH3 is 1. The second-order valence-corrected chi connectivity index (χ2v) is 5.58. The first-order valence-corrected chi connectivity index (χ1v) is 7.35. The number of hydrogen-bond acceptors (Lipinski definition) is 5. The van der Waals surface area contributed by atoms with E-state index in [1.54, 1.807) is 12.1 Å². The van der Waals surface area contributed by atoms with Crippen molar-refractivity contribution in [2.75, 3.05) is 7.11 Å². The Morgan fingerprint density at radius 1 is 1.36 bits per heavy atom. The van der Waals surface area contributed by atoms with E-state index in [-0.39, 0.29) is 23.3 Å². The molecule has 0 heterocycles. The van der Waals surface area contributed by atoms with Gasteiger partial charge in [-0.25, -0.2) is 0 Å². The molecule has 0 bridgehead atoms. The van der Waals surface area contributed by atoms with Gasteiger partial charge in [0.2, 0.25) is 0 Å². The van der Waals surface area contributed by atoms with Crippen LogP contribution in [-0.2, 0) is 14.3 Å². The van der Waals surface area contributed by atoms with Crippen LogP contribution in [0.25, 0.3) is 0 Å². The summed E-state index contributed by atoms with van der Waals surface area (Å²) in [7, 11) is 1.27. The first-order valence-electron chi connectivity index (χ1n) is 7.35. The second kappa shape index (κ2) is 6.68. The van der Waals surface area contributed by atoms with Crippen LogP contribution in [0.2, 0.25) is 0 Å². The highest BCUT2D eigenvalue weighted by Gasteiger charge is 2.47. The fourth-order valence-corrected chi connectivity index (χ4v) is 3.20. The molecule has 0 N–H and O–H groups in total. The Labute approximate surface area is 128 Å². The van der Waals surface area contributed by atoms with Gasteiger partial charge in [-0.3, -0.25) is 19.7 Å². The predicted molar refractivity (Wildman–Crippen MR) is 79.4 cm³/mol. The van der Waals surface area contributed by atoms with Gasteiger partial charge in [-0.05, 0) is 18.4 Å². The number of non-ortho nitro benzene ring substituents is 1. The molecule has 0 amide bonds. The van der Waals surface area contributed by atoms with Crippen molar-refractivity contribution in [2.45, 2.75) is 32.1 Å². The molecule has 6 nitrogen and oxygen atoms in total. The minimum atomic E-state index is -0.803. The Morgan fingerprint density at radius 3 is 2.50 bits per heavy atom. The molecular formula is C16H19NO5. The Bertz CT molecular complexity index is 581. The quantitative estimate of drug-likeness (QED) is 0.361. The molecular weight excluding hydrogens is 286 g/mol. The average molecular weight is 305 g/mol. The summed E-state index contributed by atoms with van der Waals surface area (Å²) in [6, 6.07) is 6.06. The molecule has 22 heavy (non-hydrogen) atoms. The van der Waals surface area contributed by atoms with E-state index in [1.165, 1.54) is 19.2 Å². The van der Waals surface area contributed by atoms with Crippen LogP contribution in [0.15, 0.2) is 24.3 Å². The number of nitrogens with zero attached hydrogens (tertiary/aromatic N) is 1. The molecule has 0 radical (unpaired) electrons. The van der Waals surface area contributed by atoms with Crippen molar-refractivity contribution in [3.8, 4) is 0 Å². The zero-order valence-corrected chi connectivity index (χ0v) is 12.7. The average Bonchev–Trinajstić information content (AvgIpc) is 2.84. The van der Waals surface area contributed by atoms with Crippen LogP contribution in [0, 0.1) is 22.0 Å². The Kier molecular flexibility index (Phi) is 4.90. The smallest absolute Gasteiger partial charge is 0.316 e. The third-order valence-electron chi connectivity index (χ3n) is 4.27. The Hall–Kier alpha value is -2.24. The molecule has 0 saturated heterocycles. The highest BCUT2D eigenvalue weighted by atomic mass is 16.6. The monoisotopic (exact) mass is 305 g/mol. The summed E-state index contributed by atoms with van der Waals surface area (Å²) in [5.74, 6) is -1.81. The van der Waals surface area contributed by atoms with Gasteiger partial charge in [-0.15, -0.1) is 0 Å². The first kappa shape index (κ1) is 16.1. The minimum Gasteiger partial charge on any atom is -0.468 e. The molecule has 1 saturated carbocycles. The number of hydrogen-bond donors (Lipinski definition) is 0. The second-order valence-electron chi connectivity index (χ2n) is 5.58. The Morgan fingerprint density at radius 2 is 2.00 bits per heavy atom. The highest BCUT2D eigenvalue weighted by molar-refractivity contribution is 6.03. The van der Waals surface area contributed by atoms with E-state index < -0.39 is 16.8 Å². The number of carbonyl (C=O) groups is 2. The fraction of sp³-hybridized carbons (Fsp3) is 0.500. The lowest BCUT2D eigenvalue weighted by atomic mass is 9.88. The highest BCUT2D eigenvalue weighted by Crippen LogP contribution is 2.43. The van der Waals surface area contributed by atoms with Gasteiger partial charge in [-0.1, -0.05) is 25.5 Å². The summed E-state index contributed by atoms with van der Waals surface area (Å²) < 4.78 is 4.78. The normalized spacial score (nSPS) is 24.3. The van der Waals surface area contributed by atoms with Gasteiger partial charge in [-0.2, -0.15) is 0 Å². The first-order chi connectivity index (χ1) is 10.5. The number of Topliss-reactive ketones (excluding diaryl/α,β-unsaturated/α-hetero) is 1. The van der Waals surface area contributed by atoms with E-state index in [9.17, 15) is 19.7 Å². The summed E-state index contributed by atoms with van der Waals surface area (Å²) in [5, 5.41) is 10.7. The third-order valence-corrected chi connectivity index (χ3v) is 4.27. The van der Waals surface area contributed by atoms with Crippen molar-refractivity contribution < 1.29 is 19.2 Å². The van der Waals surface area contributed by atoms with Gasteiger partial charge in [0.15, 0.2) is 5.78 Å². The van der Waals surface area contributed by atoms with Gasteiger partial charge < -0.3 is 4.74 Å². The predicted octanol–water partition coefficient (Wildman–Crippen LogP) is 2.86. The van der Waals surface area contributed by atoms with Crippen LogP contribution < -0.4 is 0 Å². The number of carbonyl (C=O) groups excluding carboxylic acids is 2. The molecule has 1 aromatic rings. The van der Waals surface area contributed by atoms with E-state index in [2.05, 4.69) is 0 Å². The number of ether oxygens (including phenoxy) is 1. The van der Waals surface area contributed by atoms with E-state index in [1.807, 2.05) is 6.92 Å². The standard InChI is InChI=1S/C16H19NO5/c1-3-4-11-9-13(14(15(11)18)16(19)22-2)10-5-7-12(8-6-10)17(20)21/h5-8,11,13-14H,3-4,9H2,1-2H3. The van der Waals surface area contributed by atoms with E-state index >= 15 is 0 Å². The van der Waals surface area contributed by atoms with Crippen LogP contribution in [0.3, 0.4) is 0 Å². The third kappa shape index (κ3) is 3.00. The van der Waals surface area contributed by atoms with E-state index in [0.717, 1.165) is 18.4 Å². The number of esters is 1. The molecule has 118 valence electrons. The summed E-state index contributed by atoms with van der Waals surface area (Å²) in [6.07, 6.45) is 2.21. The van der Waals surface area contributed by atoms with Crippen molar-refractivity contribution in [1.29, 1.82) is 0 Å².